The van der Waals surface area contributed by atoms with Gasteiger partial charge in [0.05, 0.1) is 12.1 Å². The predicted octanol–water partition coefficient (Wildman–Crippen LogP) is 2.19. The van der Waals surface area contributed by atoms with Gasteiger partial charge < -0.3 is 0 Å². The molecular formula is C9H7FN4. The molecule has 0 aliphatic rings. The highest BCUT2D eigenvalue weighted by atomic mass is 19.1. The molecule has 5 heteroatoms. The smallest absolute Gasteiger partial charge is 0.227 e. The minimum Gasteiger partial charge on any atom is -0.227 e. The van der Waals surface area contributed by atoms with Crippen LogP contribution in [0.15, 0.2) is 17.4 Å². The molecule has 0 unspecified atom stereocenters. The zero-order chi connectivity index (χ0) is 10.4. The zero-order valence-corrected chi connectivity index (χ0v) is 7.53. The fourth-order valence-electron chi connectivity index (χ4n) is 0.842. The Morgan fingerprint density at radius 2 is 2.50 bits per heavy atom. The maximum Gasteiger partial charge on any atom is 0.228 e. The van der Waals surface area contributed by atoms with Gasteiger partial charge in [0.1, 0.15) is 0 Å². The molecule has 1 aromatic heterocycles. The number of rotatable bonds is 1. The molecule has 0 spiro atoms. The molecule has 0 fully saturated rings. The van der Waals surface area contributed by atoms with Gasteiger partial charge >= 0.3 is 0 Å². The lowest BCUT2D eigenvalue weighted by Crippen LogP contribution is -1.89. The Hall–Kier alpha value is -2.05. The molecular weight excluding hydrogens is 183 g/mol. The summed E-state index contributed by atoms with van der Waals surface area (Å²) >= 11 is 0. The van der Waals surface area contributed by atoms with Crippen molar-refractivity contribution < 1.29 is 4.39 Å². The summed E-state index contributed by atoms with van der Waals surface area (Å²) in [5, 5.41) is 3.20. The number of halogens is 1. The molecule has 1 rings (SSSR count). The highest BCUT2D eigenvalue weighted by molar-refractivity contribution is 5.35. The van der Waals surface area contributed by atoms with Crippen LogP contribution in [0.2, 0.25) is 0 Å². The predicted molar refractivity (Wildman–Crippen MR) is 49.8 cm³/mol. The largest absolute Gasteiger partial charge is 0.228 e. The Kier molecular flexibility index (Phi) is 3.48. The molecule has 0 saturated carbocycles. The lowest BCUT2D eigenvalue weighted by atomic mass is 10.2. The van der Waals surface area contributed by atoms with Crippen LogP contribution in [0.3, 0.4) is 0 Å². The van der Waals surface area contributed by atoms with Crippen molar-refractivity contribution in [2.45, 2.75) is 6.92 Å². The fourth-order valence-corrected chi connectivity index (χ4v) is 0.842. The average molecular weight is 190 g/mol. The van der Waals surface area contributed by atoms with E-state index in [1.54, 1.807) is 13.0 Å². The second-order valence-electron chi connectivity index (χ2n) is 2.54. The molecule has 4 nitrogen and oxygen atoms in total. The summed E-state index contributed by atoms with van der Waals surface area (Å²) in [6.07, 6.45) is 1.42. The number of nitrogens with zero attached hydrogens (tertiary/aromatic N) is 4. The van der Waals surface area contributed by atoms with Crippen LogP contribution >= 0.6 is 0 Å². The summed E-state index contributed by atoms with van der Waals surface area (Å²) in [7, 11) is 0. The molecule has 0 N–H and O–H groups in total. The van der Waals surface area contributed by atoms with Crippen LogP contribution in [0.4, 0.5) is 4.39 Å². The van der Waals surface area contributed by atoms with Crippen molar-refractivity contribution in [1.29, 1.82) is 0 Å². The topological polar surface area (TPSA) is 61.7 Å². The SMILES string of the molecule is Cc1cnc(F)c(C#CCN=[N+]=[N-])c1. The standard InChI is InChI=1S/C9H7FN4/c1-7-5-8(9(10)12-6-7)3-2-4-13-14-11/h5-6H,4H2,1H3. The van der Waals surface area contributed by atoms with Gasteiger partial charge in [-0.15, -0.1) is 0 Å². The van der Waals surface area contributed by atoms with E-state index in [2.05, 4.69) is 26.9 Å². The van der Waals surface area contributed by atoms with Crippen molar-refractivity contribution in [2.24, 2.45) is 5.11 Å². The average Bonchev–Trinajstić information content (AvgIpc) is 2.18. The minimum absolute atomic E-state index is 0.0316. The van der Waals surface area contributed by atoms with E-state index in [1.165, 1.54) is 6.20 Å². The molecule has 0 bridgehead atoms. The first-order chi connectivity index (χ1) is 6.74. The summed E-state index contributed by atoms with van der Waals surface area (Å²) < 4.78 is 13.0. The lowest BCUT2D eigenvalue weighted by molar-refractivity contribution is 0.579. The van der Waals surface area contributed by atoms with Crippen LogP contribution in [0.1, 0.15) is 11.1 Å². The number of aryl methyl sites for hydroxylation is 1. The Bertz CT molecular complexity index is 438. The normalized spacial score (nSPS) is 8.43. The molecule has 0 aromatic carbocycles. The Balaban J connectivity index is 2.88. The molecule has 0 aliphatic carbocycles. The number of hydrogen-bond donors (Lipinski definition) is 0. The van der Waals surface area contributed by atoms with Gasteiger partial charge in [0.25, 0.3) is 0 Å². The number of pyridine rings is 1. The minimum atomic E-state index is -0.607. The van der Waals surface area contributed by atoms with Gasteiger partial charge in [-0.3, -0.25) is 0 Å². The van der Waals surface area contributed by atoms with Crippen LogP contribution in [0, 0.1) is 24.7 Å². The molecule has 0 atom stereocenters. The molecule has 0 saturated heterocycles. The summed E-state index contributed by atoms with van der Waals surface area (Å²) in [5.41, 5.74) is 9.02. The van der Waals surface area contributed by atoms with Gasteiger partial charge in [-0.1, -0.05) is 17.0 Å². The molecule has 1 aromatic rings. The second kappa shape index (κ2) is 4.85. The summed E-state index contributed by atoms with van der Waals surface area (Å²) in [6.45, 7) is 1.83. The third-order valence-electron chi connectivity index (χ3n) is 1.41. The summed E-state index contributed by atoms with van der Waals surface area (Å²) in [6, 6.07) is 1.59. The molecule has 0 radical (unpaired) electrons. The third-order valence-corrected chi connectivity index (χ3v) is 1.41. The van der Waals surface area contributed by atoms with E-state index in [0.29, 0.717) is 0 Å². The van der Waals surface area contributed by atoms with E-state index in [4.69, 9.17) is 5.53 Å². The fraction of sp³-hybridized carbons (Fsp3) is 0.222. The van der Waals surface area contributed by atoms with Crippen LogP contribution < -0.4 is 0 Å². The van der Waals surface area contributed by atoms with E-state index >= 15 is 0 Å². The highest BCUT2D eigenvalue weighted by Gasteiger charge is 1.98. The van der Waals surface area contributed by atoms with E-state index in [-0.39, 0.29) is 12.1 Å². The molecule has 1 heterocycles. The van der Waals surface area contributed by atoms with Gasteiger partial charge in [0, 0.05) is 11.1 Å². The second-order valence-corrected chi connectivity index (χ2v) is 2.54. The van der Waals surface area contributed by atoms with E-state index in [1.807, 2.05) is 0 Å². The van der Waals surface area contributed by atoms with Crippen LogP contribution in [0.25, 0.3) is 10.4 Å². The Labute approximate surface area is 80.4 Å². The lowest BCUT2D eigenvalue weighted by Gasteiger charge is -1.94. The van der Waals surface area contributed by atoms with Crippen molar-refractivity contribution in [1.82, 2.24) is 4.98 Å². The zero-order valence-electron chi connectivity index (χ0n) is 7.53. The quantitative estimate of drug-likeness (QED) is 0.220. The van der Waals surface area contributed by atoms with Crippen LogP contribution in [0.5, 0.6) is 0 Å². The van der Waals surface area contributed by atoms with Crippen LogP contribution in [-0.2, 0) is 0 Å². The summed E-state index contributed by atoms with van der Waals surface area (Å²) in [4.78, 5) is 6.02. The molecule has 14 heavy (non-hydrogen) atoms. The van der Waals surface area contributed by atoms with Gasteiger partial charge in [0.15, 0.2) is 0 Å². The van der Waals surface area contributed by atoms with Crippen molar-refractivity contribution >= 4 is 0 Å². The molecule has 70 valence electrons. The van der Waals surface area contributed by atoms with E-state index < -0.39 is 5.95 Å². The number of azide groups is 1. The van der Waals surface area contributed by atoms with E-state index in [0.717, 1.165) is 5.56 Å². The maximum atomic E-state index is 13.0. The van der Waals surface area contributed by atoms with Gasteiger partial charge in [-0.05, 0) is 24.1 Å². The van der Waals surface area contributed by atoms with Crippen molar-refractivity contribution in [3.63, 3.8) is 0 Å². The van der Waals surface area contributed by atoms with Crippen molar-refractivity contribution in [3.8, 4) is 11.8 Å². The monoisotopic (exact) mass is 190 g/mol. The first-order valence-electron chi connectivity index (χ1n) is 3.86. The Morgan fingerprint density at radius 3 is 3.21 bits per heavy atom. The summed E-state index contributed by atoms with van der Waals surface area (Å²) in [5.74, 6) is 4.45. The van der Waals surface area contributed by atoms with Gasteiger partial charge in [-0.25, -0.2) is 4.98 Å². The number of aromatic nitrogens is 1. The molecule has 0 amide bonds. The van der Waals surface area contributed by atoms with Crippen molar-refractivity contribution in [2.75, 3.05) is 6.54 Å². The van der Waals surface area contributed by atoms with E-state index in [9.17, 15) is 4.39 Å². The first-order valence-corrected chi connectivity index (χ1v) is 3.86. The van der Waals surface area contributed by atoms with Gasteiger partial charge in [-0.2, -0.15) is 4.39 Å². The molecule has 0 aliphatic heterocycles. The number of hydrogen-bond acceptors (Lipinski definition) is 2. The van der Waals surface area contributed by atoms with Gasteiger partial charge in [0.2, 0.25) is 5.95 Å². The van der Waals surface area contributed by atoms with Crippen molar-refractivity contribution in [3.05, 3.63) is 39.8 Å². The maximum absolute atomic E-state index is 13.0. The third kappa shape index (κ3) is 2.77. The van der Waals surface area contributed by atoms with Crippen LogP contribution in [-0.4, -0.2) is 11.5 Å². The Morgan fingerprint density at radius 1 is 1.71 bits per heavy atom. The highest BCUT2D eigenvalue weighted by Crippen LogP contribution is 2.04. The first kappa shape index (κ1) is 10.0.